The molecule has 0 spiro atoms. The van der Waals surface area contributed by atoms with Crippen LogP contribution >= 0.6 is 11.8 Å². The van der Waals surface area contributed by atoms with Gasteiger partial charge in [0.25, 0.3) is 0 Å². The highest BCUT2D eigenvalue weighted by Crippen LogP contribution is 2.36. The molecule has 0 saturated carbocycles. The molecule has 0 radical (unpaired) electrons. The van der Waals surface area contributed by atoms with Gasteiger partial charge in [0.05, 0.1) is 13.2 Å². The molecule has 0 aliphatic carbocycles. The molecule has 2 heterocycles. The normalized spacial score (nSPS) is 13.7. The van der Waals surface area contributed by atoms with Crippen LogP contribution in [0.25, 0.3) is 0 Å². The zero-order valence-electron chi connectivity index (χ0n) is 11.3. The zero-order chi connectivity index (χ0) is 13.8. The first-order valence-corrected chi connectivity index (χ1v) is 7.38. The summed E-state index contributed by atoms with van der Waals surface area (Å²) < 4.78 is 11.3. The van der Waals surface area contributed by atoms with Crippen LogP contribution in [-0.2, 0) is 0 Å². The van der Waals surface area contributed by atoms with E-state index in [1.54, 1.807) is 18.0 Å². The van der Waals surface area contributed by atoms with Gasteiger partial charge in [0.2, 0.25) is 0 Å². The number of anilines is 1. The van der Waals surface area contributed by atoms with Crippen molar-refractivity contribution >= 4 is 17.6 Å². The predicted octanol–water partition coefficient (Wildman–Crippen LogP) is 3.44. The van der Waals surface area contributed by atoms with Crippen molar-refractivity contribution in [1.29, 1.82) is 0 Å². The lowest BCUT2D eigenvalue weighted by molar-refractivity contribution is 0.297. The van der Waals surface area contributed by atoms with Gasteiger partial charge in [-0.15, -0.1) is 0 Å². The minimum absolute atomic E-state index is 0.709. The van der Waals surface area contributed by atoms with E-state index in [-0.39, 0.29) is 0 Å². The van der Waals surface area contributed by atoms with E-state index in [4.69, 9.17) is 9.47 Å². The lowest BCUT2D eigenvalue weighted by Crippen LogP contribution is -1.97. The van der Waals surface area contributed by atoms with Gasteiger partial charge in [-0.1, -0.05) is 11.8 Å². The third-order valence-corrected chi connectivity index (χ3v) is 3.92. The quantitative estimate of drug-likeness (QED) is 0.937. The number of rotatable bonds is 3. The third kappa shape index (κ3) is 2.99. The van der Waals surface area contributed by atoms with Gasteiger partial charge < -0.3 is 14.8 Å². The Hall–Kier alpha value is -1.88. The molecule has 104 valence electrons. The molecule has 1 aromatic heterocycles. The van der Waals surface area contributed by atoms with Gasteiger partial charge in [-0.05, 0) is 30.3 Å². The van der Waals surface area contributed by atoms with E-state index in [1.165, 1.54) is 0 Å². The van der Waals surface area contributed by atoms with Gasteiger partial charge in [0.15, 0.2) is 11.5 Å². The van der Waals surface area contributed by atoms with Crippen molar-refractivity contribution in [2.24, 2.45) is 0 Å². The summed E-state index contributed by atoms with van der Waals surface area (Å²) in [5.74, 6) is 2.53. The summed E-state index contributed by atoms with van der Waals surface area (Å²) in [7, 11) is 1.87. The van der Waals surface area contributed by atoms with Gasteiger partial charge in [0, 0.05) is 29.5 Å². The maximum Gasteiger partial charge on any atom is 0.162 e. The molecular formula is C15H16N2O2S. The summed E-state index contributed by atoms with van der Waals surface area (Å²) in [6, 6.07) is 10.1. The van der Waals surface area contributed by atoms with Gasteiger partial charge in [0.1, 0.15) is 5.82 Å². The number of nitrogens with zero attached hydrogens (tertiary/aromatic N) is 1. The second-order valence-electron chi connectivity index (χ2n) is 4.39. The van der Waals surface area contributed by atoms with Crippen LogP contribution in [0.15, 0.2) is 46.3 Å². The fourth-order valence-corrected chi connectivity index (χ4v) is 2.83. The second-order valence-corrected chi connectivity index (χ2v) is 5.53. The van der Waals surface area contributed by atoms with Crippen LogP contribution in [0.3, 0.4) is 0 Å². The topological polar surface area (TPSA) is 43.4 Å². The van der Waals surface area contributed by atoms with E-state index in [9.17, 15) is 0 Å². The molecule has 20 heavy (non-hydrogen) atoms. The summed E-state index contributed by atoms with van der Waals surface area (Å²) >= 11 is 1.68. The number of hydrogen-bond donors (Lipinski definition) is 1. The van der Waals surface area contributed by atoms with Crippen LogP contribution in [0.1, 0.15) is 6.42 Å². The molecule has 0 atom stereocenters. The Morgan fingerprint density at radius 1 is 1.05 bits per heavy atom. The minimum Gasteiger partial charge on any atom is -0.490 e. The van der Waals surface area contributed by atoms with Gasteiger partial charge >= 0.3 is 0 Å². The maximum absolute atomic E-state index is 5.71. The molecule has 0 amide bonds. The molecule has 3 rings (SSSR count). The number of fused-ring (bicyclic) bond motifs is 1. The van der Waals surface area contributed by atoms with E-state index in [2.05, 4.69) is 16.4 Å². The second kappa shape index (κ2) is 6.05. The molecule has 0 unspecified atom stereocenters. The monoisotopic (exact) mass is 288 g/mol. The molecule has 1 aromatic carbocycles. The number of hydrogen-bond acceptors (Lipinski definition) is 5. The van der Waals surface area contributed by atoms with E-state index in [1.807, 2.05) is 31.3 Å². The molecule has 4 nitrogen and oxygen atoms in total. The lowest BCUT2D eigenvalue weighted by atomic mass is 10.3. The van der Waals surface area contributed by atoms with Crippen LogP contribution in [0.4, 0.5) is 5.82 Å². The number of nitrogens with one attached hydrogen (secondary N) is 1. The first kappa shape index (κ1) is 13.1. The standard InChI is InChI=1S/C15H16N2O2S/c1-16-15-10-12(5-6-17-15)20-11-3-4-13-14(9-11)19-8-2-7-18-13/h3-6,9-10H,2,7-8H2,1H3,(H,16,17). The first-order valence-electron chi connectivity index (χ1n) is 6.56. The van der Waals surface area contributed by atoms with Crippen molar-refractivity contribution in [1.82, 2.24) is 4.98 Å². The van der Waals surface area contributed by atoms with E-state index in [0.717, 1.165) is 40.1 Å². The SMILES string of the molecule is CNc1cc(Sc2ccc3c(c2)OCCCO3)ccn1. The van der Waals surface area contributed by atoms with Crippen LogP contribution in [0.5, 0.6) is 11.5 Å². The summed E-state index contributed by atoms with van der Waals surface area (Å²) in [6.07, 6.45) is 2.73. The van der Waals surface area contributed by atoms with Gasteiger partial charge in [-0.25, -0.2) is 4.98 Å². The fraction of sp³-hybridized carbons (Fsp3) is 0.267. The van der Waals surface area contributed by atoms with E-state index < -0.39 is 0 Å². The Morgan fingerprint density at radius 2 is 1.85 bits per heavy atom. The smallest absolute Gasteiger partial charge is 0.162 e. The Balaban J connectivity index is 1.82. The number of benzene rings is 1. The Labute approximate surface area is 122 Å². The molecule has 0 fully saturated rings. The molecule has 0 bridgehead atoms. The van der Waals surface area contributed by atoms with Crippen LogP contribution < -0.4 is 14.8 Å². The highest BCUT2D eigenvalue weighted by Gasteiger charge is 2.11. The van der Waals surface area contributed by atoms with Crippen molar-refractivity contribution in [3.8, 4) is 11.5 Å². The van der Waals surface area contributed by atoms with Crippen molar-refractivity contribution in [2.75, 3.05) is 25.6 Å². The van der Waals surface area contributed by atoms with Crippen molar-refractivity contribution in [2.45, 2.75) is 16.2 Å². The van der Waals surface area contributed by atoms with E-state index >= 15 is 0 Å². The maximum atomic E-state index is 5.71. The highest BCUT2D eigenvalue weighted by atomic mass is 32.2. The van der Waals surface area contributed by atoms with Crippen LogP contribution in [0.2, 0.25) is 0 Å². The summed E-state index contributed by atoms with van der Waals surface area (Å²) in [5, 5.41) is 3.04. The van der Waals surface area contributed by atoms with Crippen molar-refractivity contribution in [3.63, 3.8) is 0 Å². The van der Waals surface area contributed by atoms with E-state index in [0.29, 0.717) is 6.61 Å². The Kier molecular flexibility index (Phi) is 3.97. The lowest BCUT2D eigenvalue weighted by Gasteiger charge is -2.09. The molecular weight excluding hydrogens is 272 g/mol. The Morgan fingerprint density at radius 3 is 2.70 bits per heavy atom. The average Bonchev–Trinajstić information content (AvgIpc) is 2.72. The molecule has 0 saturated heterocycles. The molecule has 5 heteroatoms. The fourth-order valence-electron chi connectivity index (χ4n) is 1.95. The van der Waals surface area contributed by atoms with Crippen molar-refractivity contribution in [3.05, 3.63) is 36.5 Å². The zero-order valence-corrected chi connectivity index (χ0v) is 12.1. The Bertz CT molecular complexity index is 604. The third-order valence-electron chi connectivity index (χ3n) is 2.94. The molecule has 1 aliphatic rings. The average molecular weight is 288 g/mol. The van der Waals surface area contributed by atoms with Crippen LogP contribution in [-0.4, -0.2) is 25.2 Å². The number of aromatic nitrogens is 1. The molecule has 1 aliphatic heterocycles. The molecule has 2 aromatic rings. The minimum atomic E-state index is 0.709. The number of ether oxygens (including phenoxy) is 2. The molecule has 1 N–H and O–H groups in total. The van der Waals surface area contributed by atoms with Crippen molar-refractivity contribution < 1.29 is 9.47 Å². The predicted molar refractivity (Wildman–Crippen MR) is 80.0 cm³/mol. The summed E-state index contributed by atoms with van der Waals surface area (Å²) in [5.41, 5.74) is 0. The first-order chi connectivity index (χ1) is 9.85. The summed E-state index contributed by atoms with van der Waals surface area (Å²) in [6.45, 7) is 1.43. The van der Waals surface area contributed by atoms with Gasteiger partial charge in [-0.2, -0.15) is 0 Å². The largest absolute Gasteiger partial charge is 0.490 e. The highest BCUT2D eigenvalue weighted by molar-refractivity contribution is 7.99. The summed E-state index contributed by atoms with van der Waals surface area (Å²) in [4.78, 5) is 6.48. The van der Waals surface area contributed by atoms with Crippen LogP contribution in [0, 0.1) is 0 Å². The van der Waals surface area contributed by atoms with Gasteiger partial charge in [-0.3, -0.25) is 0 Å². The number of pyridine rings is 1.